The van der Waals surface area contributed by atoms with E-state index in [0.717, 1.165) is 0 Å². The Balaban J connectivity index is 3.34. The van der Waals surface area contributed by atoms with E-state index in [1.807, 2.05) is 0 Å². The van der Waals surface area contributed by atoms with E-state index in [2.05, 4.69) is 4.98 Å². The Morgan fingerprint density at radius 1 is 1.33 bits per heavy atom. The molecule has 1 heterocycles. The zero-order valence-electron chi connectivity index (χ0n) is 7.02. The molecule has 0 unspecified atom stereocenters. The first-order valence-electron chi connectivity index (χ1n) is 3.61. The van der Waals surface area contributed by atoms with E-state index in [0.29, 0.717) is 6.20 Å². The molecule has 1 aromatic heterocycles. The predicted molar refractivity (Wildman–Crippen MR) is 38.9 cm³/mol. The summed E-state index contributed by atoms with van der Waals surface area (Å²) in [4.78, 5) is 3.05. The van der Waals surface area contributed by atoms with Crippen LogP contribution in [-0.4, -0.2) is 4.98 Å². The molecule has 2 nitrogen and oxygen atoms in total. The van der Waals surface area contributed by atoms with Crippen molar-refractivity contribution in [3.05, 3.63) is 29.1 Å². The van der Waals surface area contributed by atoms with Gasteiger partial charge in [0.15, 0.2) is 0 Å². The molecular formula is C8H3F5N2. The summed E-state index contributed by atoms with van der Waals surface area (Å²) in [5.41, 5.74) is -3.16. The molecule has 15 heavy (non-hydrogen) atoms. The Bertz CT molecular complexity index is 404. The molecular weight excluding hydrogens is 219 g/mol. The van der Waals surface area contributed by atoms with Crippen LogP contribution in [0.25, 0.3) is 0 Å². The maximum atomic E-state index is 12.3. The van der Waals surface area contributed by atoms with Gasteiger partial charge in [-0.2, -0.15) is 18.4 Å². The molecule has 0 fully saturated rings. The van der Waals surface area contributed by atoms with Crippen LogP contribution in [0.1, 0.15) is 23.2 Å². The number of nitrogens with zero attached hydrogens (tertiary/aromatic N) is 2. The summed E-state index contributed by atoms with van der Waals surface area (Å²) in [5.74, 6) is 0. The second kappa shape index (κ2) is 3.81. The lowest BCUT2D eigenvalue weighted by molar-refractivity contribution is -0.138. The van der Waals surface area contributed by atoms with E-state index in [1.165, 1.54) is 6.07 Å². The number of aromatic nitrogens is 1. The van der Waals surface area contributed by atoms with Crippen molar-refractivity contribution >= 4 is 0 Å². The lowest BCUT2D eigenvalue weighted by Crippen LogP contribution is -2.09. The van der Waals surface area contributed by atoms with Crippen molar-refractivity contribution in [2.24, 2.45) is 0 Å². The predicted octanol–water partition coefficient (Wildman–Crippen LogP) is 2.91. The van der Waals surface area contributed by atoms with Crippen LogP contribution in [0.3, 0.4) is 0 Å². The fourth-order valence-electron chi connectivity index (χ4n) is 0.914. The Labute approximate surface area is 81.0 Å². The third-order valence-electron chi connectivity index (χ3n) is 1.57. The molecule has 0 spiro atoms. The average molecular weight is 222 g/mol. The topological polar surface area (TPSA) is 36.7 Å². The van der Waals surface area contributed by atoms with Crippen LogP contribution < -0.4 is 0 Å². The van der Waals surface area contributed by atoms with E-state index >= 15 is 0 Å². The minimum atomic E-state index is -4.84. The van der Waals surface area contributed by atoms with Gasteiger partial charge in [-0.3, -0.25) is 4.98 Å². The smallest absolute Gasteiger partial charge is 0.254 e. The molecule has 7 heteroatoms. The van der Waals surface area contributed by atoms with Crippen LogP contribution in [0.4, 0.5) is 22.0 Å². The summed E-state index contributed by atoms with van der Waals surface area (Å²) < 4.78 is 60.9. The minimum Gasteiger partial charge on any atom is -0.254 e. The molecule has 0 aliphatic carbocycles. The van der Waals surface area contributed by atoms with Crippen molar-refractivity contribution in [3.63, 3.8) is 0 Å². The van der Waals surface area contributed by atoms with E-state index in [-0.39, 0.29) is 6.07 Å². The average Bonchev–Trinajstić information content (AvgIpc) is 2.15. The van der Waals surface area contributed by atoms with Crippen LogP contribution in [0.15, 0.2) is 12.3 Å². The molecule has 80 valence electrons. The van der Waals surface area contributed by atoms with Gasteiger partial charge in [-0.1, -0.05) is 0 Å². The van der Waals surface area contributed by atoms with Gasteiger partial charge in [0.1, 0.15) is 11.8 Å². The lowest BCUT2D eigenvalue weighted by Gasteiger charge is -2.09. The zero-order chi connectivity index (χ0) is 11.6. The Kier molecular flexibility index (Phi) is 2.88. The van der Waals surface area contributed by atoms with Gasteiger partial charge in [0.05, 0.1) is 11.1 Å². The Morgan fingerprint density at radius 3 is 2.33 bits per heavy atom. The highest BCUT2D eigenvalue weighted by Gasteiger charge is 2.34. The van der Waals surface area contributed by atoms with Gasteiger partial charge < -0.3 is 0 Å². The van der Waals surface area contributed by atoms with Gasteiger partial charge in [-0.05, 0) is 6.07 Å². The first kappa shape index (κ1) is 11.4. The van der Waals surface area contributed by atoms with Crippen LogP contribution in [0.2, 0.25) is 0 Å². The van der Waals surface area contributed by atoms with Crippen molar-refractivity contribution < 1.29 is 22.0 Å². The highest BCUT2D eigenvalue weighted by molar-refractivity contribution is 5.38. The summed E-state index contributed by atoms with van der Waals surface area (Å²) in [6.07, 6.45) is -7.44. The maximum absolute atomic E-state index is 12.3. The molecule has 0 saturated carbocycles. The summed E-state index contributed by atoms with van der Waals surface area (Å²) in [7, 11) is 0. The maximum Gasteiger partial charge on any atom is 0.417 e. The van der Waals surface area contributed by atoms with Crippen molar-refractivity contribution in [3.8, 4) is 6.07 Å². The number of hydrogen-bond acceptors (Lipinski definition) is 2. The van der Waals surface area contributed by atoms with Gasteiger partial charge in [0, 0.05) is 6.20 Å². The second-order valence-electron chi connectivity index (χ2n) is 2.57. The fraction of sp³-hybridized carbons (Fsp3) is 0.250. The number of halogens is 5. The van der Waals surface area contributed by atoms with E-state index in [4.69, 9.17) is 5.26 Å². The lowest BCUT2D eigenvalue weighted by atomic mass is 10.1. The number of nitriles is 1. The fourth-order valence-corrected chi connectivity index (χ4v) is 0.914. The molecule has 0 amide bonds. The van der Waals surface area contributed by atoms with Crippen molar-refractivity contribution in [2.45, 2.75) is 12.6 Å². The number of rotatable bonds is 1. The normalized spacial score (nSPS) is 11.5. The standard InChI is InChI=1S/C8H3F5N2/c9-7(10)6-1-5(8(11,12)13)4(2-14)3-15-6/h1,3,7H. The highest BCUT2D eigenvalue weighted by Crippen LogP contribution is 2.33. The first-order chi connectivity index (χ1) is 6.86. The van der Waals surface area contributed by atoms with Gasteiger partial charge in [-0.25, -0.2) is 8.78 Å². The van der Waals surface area contributed by atoms with Gasteiger partial charge in [0.2, 0.25) is 0 Å². The molecule has 0 aromatic carbocycles. The number of alkyl halides is 5. The number of hydrogen-bond donors (Lipinski definition) is 0. The summed E-state index contributed by atoms with van der Waals surface area (Å²) >= 11 is 0. The van der Waals surface area contributed by atoms with Crippen molar-refractivity contribution in [1.82, 2.24) is 4.98 Å². The summed E-state index contributed by atoms with van der Waals surface area (Å²) in [5, 5.41) is 8.33. The van der Waals surface area contributed by atoms with Crippen LogP contribution in [0.5, 0.6) is 0 Å². The van der Waals surface area contributed by atoms with Gasteiger partial charge in [-0.15, -0.1) is 0 Å². The second-order valence-corrected chi connectivity index (χ2v) is 2.57. The third kappa shape index (κ3) is 2.40. The molecule has 0 saturated heterocycles. The van der Waals surface area contributed by atoms with E-state index in [9.17, 15) is 22.0 Å². The summed E-state index contributed by atoms with van der Waals surface area (Å²) in [6, 6.07) is 1.42. The molecule has 0 aliphatic rings. The molecule has 0 N–H and O–H groups in total. The van der Waals surface area contributed by atoms with Crippen molar-refractivity contribution in [2.75, 3.05) is 0 Å². The first-order valence-corrected chi connectivity index (χ1v) is 3.61. The van der Waals surface area contributed by atoms with Crippen LogP contribution in [0, 0.1) is 11.3 Å². The molecule has 0 atom stereocenters. The summed E-state index contributed by atoms with van der Waals surface area (Å²) in [6.45, 7) is 0. The monoisotopic (exact) mass is 222 g/mol. The van der Waals surface area contributed by atoms with Crippen LogP contribution in [-0.2, 0) is 6.18 Å². The minimum absolute atomic E-state index is 0.184. The molecule has 0 aliphatic heterocycles. The Hall–Kier alpha value is -1.71. The van der Waals surface area contributed by atoms with Gasteiger partial charge >= 0.3 is 6.18 Å². The molecule has 1 aromatic rings. The third-order valence-corrected chi connectivity index (χ3v) is 1.57. The molecule has 0 bridgehead atoms. The SMILES string of the molecule is N#Cc1cnc(C(F)F)cc1C(F)(F)F. The largest absolute Gasteiger partial charge is 0.417 e. The highest BCUT2D eigenvalue weighted by atomic mass is 19.4. The number of pyridine rings is 1. The van der Waals surface area contributed by atoms with E-state index < -0.39 is 29.4 Å². The zero-order valence-corrected chi connectivity index (χ0v) is 7.02. The van der Waals surface area contributed by atoms with E-state index in [1.54, 1.807) is 0 Å². The molecule has 1 rings (SSSR count). The molecule has 0 radical (unpaired) electrons. The van der Waals surface area contributed by atoms with Gasteiger partial charge in [0.25, 0.3) is 6.43 Å². The van der Waals surface area contributed by atoms with Crippen LogP contribution >= 0.6 is 0 Å². The Morgan fingerprint density at radius 2 is 1.93 bits per heavy atom. The quantitative estimate of drug-likeness (QED) is 0.685. The van der Waals surface area contributed by atoms with Crippen molar-refractivity contribution in [1.29, 1.82) is 5.26 Å².